The summed E-state index contributed by atoms with van der Waals surface area (Å²) in [4.78, 5) is 0. The zero-order valence-corrected chi connectivity index (χ0v) is 11.1. The van der Waals surface area contributed by atoms with Crippen LogP contribution in [0.1, 0.15) is 30.9 Å². The van der Waals surface area contributed by atoms with Crippen molar-refractivity contribution in [3.63, 3.8) is 0 Å². The molecule has 0 heterocycles. The lowest BCUT2D eigenvalue weighted by Gasteiger charge is -2.15. The molecule has 0 unspecified atom stereocenters. The molecular formula is C16H14F4. The predicted molar refractivity (Wildman–Crippen MR) is 70.9 cm³/mol. The van der Waals surface area contributed by atoms with Crippen molar-refractivity contribution < 1.29 is 17.6 Å². The van der Waals surface area contributed by atoms with E-state index in [9.17, 15) is 17.6 Å². The van der Waals surface area contributed by atoms with Gasteiger partial charge in [-0.3, -0.25) is 0 Å². The second-order valence-electron chi connectivity index (χ2n) is 4.96. The molecule has 2 aromatic carbocycles. The molecule has 0 spiro atoms. The highest BCUT2D eigenvalue weighted by Crippen LogP contribution is 2.35. The molecule has 4 heteroatoms. The minimum atomic E-state index is -4.40. The van der Waals surface area contributed by atoms with E-state index >= 15 is 0 Å². The summed E-state index contributed by atoms with van der Waals surface area (Å²) in [6.07, 6.45) is -4.40. The van der Waals surface area contributed by atoms with Crippen LogP contribution in [0.15, 0.2) is 42.5 Å². The molecule has 106 valence electrons. The number of benzene rings is 2. The number of hydrogen-bond donors (Lipinski definition) is 0. The maximum absolute atomic E-state index is 13.4. The van der Waals surface area contributed by atoms with Gasteiger partial charge in [0.05, 0.1) is 5.56 Å². The quantitative estimate of drug-likeness (QED) is 0.626. The van der Waals surface area contributed by atoms with E-state index in [1.54, 1.807) is 12.1 Å². The van der Waals surface area contributed by atoms with Crippen LogP contribution in [0.5, 0.6) is 0 Å². The maximum Gasteiger partial charge on any atom is 0.416 e. The van der Waals surface area contributed by atoms with E-state index in [-0.39, 0.29) is 5.92 Å². The summed E-state index contributed by atoms with van der Waals surface area (Å²) in [5.74, 6) is -0.359. The zero-order chi connectivity index (χ0) is 14.9. The molecule has 0 atom stereocenters. The maximum atomic E-state index is 13.4. The summed E-state index contributed by atoms with van der Waals surface area (Å²) in [5, 5.41) is 0. The van der Waals surface area contributed by atoms with Crippen molar-refractivity contribution in [3.05, 3.63) is 59.4 Å². The summed E-state index contributed by atoms with van der Waals surface area (Å²) < 4.78 is 51.7. The molecule has 0 N–H and O–H groups in total. The van der Waals surface area contributed by atoms with Crippen molar-refractivity contribution in [1.29, 1.82) is 0 Å². The lowest BCUT2D eigenvalue weighted by atomic mass is 9.92. The highest BCUT2D eigenvalue weighted by molar-refractivity contribution is 5.69. The molecule has 0 aromatic heterocycles. The first kappa shape index (κ1) is 14.6. The van der Waals surface area contributed by atoms with Crippen molar-refractivity contribution >= 4 is 0 Å². The van der Waals surface area contributed by atoms with E-state index in [0.717, 1.165) is 17.7 Å². The summed E-state index contributed by atoms with van der Waals surface area (Å²) in [6, 6.07) is 9.20. The van der Waals surface area contributed by atoms with Crippen molar-refractivity contribution in [2.24, 2.45) is 0 Å². The third-order valence-electron chi connectivity index (χ3n) is 3.14. The molecule has 20 heavy (non-hydrogen) atoms. The normalized spacial score (nSPS) is 11.9. The van der Waals surface area contributed by atoms with Gasteiger partial charge in [-0.15, -0.1) is 0 Å². The largest absolute Gasteiger partial charge is 0.416 e. The Bertz CT molecular complexity index is 612. The molecule has 0 radical (unpaired) electrons. The molecular weight excluding hydrogens is 268 g/mol. The first-order valence-electron chi connectivity index (χ1n) is 6.26. The van der Waals surface area contributed by atoms with Crippen LogP contribution in [0, 0.1) is 5.82 Å². The topological polar surface area (TPSA) is 0 Å². The van der Waals surface area contributed by atoms with Crippen LogP contribution in [0.25, 0.3) is 11.1 Å². The highest BCUT2D eigenvalue weighted by Gasteiger charge is 2.30. The van der Waals surface area contributed by atoms with Gasteiger partial charge in [0.25, 0.3) is 0 Å². The first-order chi connectivity index (χ1) is 9.29. The molecule has 0 amide bonds. The third kappa shape index (κ3) is 3.00. The fourth-order valence-electron chi connectivity index (χ4n) is 2.15. The molecule has 0 aliphatic carbocycles. The van der Waals surface area contributed by atoms with Crippen LogP contribution in [0.4, 0.5) is 17.6 Å². The second kappa shape index (κ2) is 5.27. The highest BCUT2D eigenvalue weighted by atomic mass is 19.4. The fraction of sp³-hybridized carbons (Fsp3) is 0.250. The van der Waals surface area contributed by atoms with E-state index in [1.165, 1.54) is 18.2 Å². The number of alkyl halides is 3. The molecule has 0 aliphatic heterocycles. The Morgan fingerprint density at radius 3 is 2.25 bits per heavy atom. The minimum Gasteiger partial charge on any atom is -0.207 e. The van der Waals surface area contributed by atoms with E-state index in [0.29, 0.717) is 11.1 Å². The summed E-state index contributed by atoms with van der Waals surface area (Å²) in [6.45, 7) is 3.84. The van der Waals surface area contributed by atoms with Gasteiger partial charge >= 0.3 is 6.18 Å². The first-order valence-corrected chi connectivity index (χ1v) is 6.26. The zero-order valence-electron chi connectivity index (χ0n) is 11.1. The minimum absolute atomic E-state index is 0.0974. The van der Waals surface area contributed by atoms with Gasteiger partial charge in [-0.25, -0.2) is 4.39 Å². The molecule has 0 fully saturated rings. The smallest absolute Gasteiger partial charge is 0.207 e. The standard InChI is InChI=1S/C16H14F4/c1-10(2)14-7-6-13(17)9-15(14)11-4-3-5-12(8-11)16(18,19)20/h3-10H,1-2H3. The Balaban J connectivity index is 2.59. The van der Waals surface area contributed by atoms with Gasteiger partial charge < -0.3 is 0 Å². The molecule has 0 saturated heterocycles. The Morgan fingerprint density at radius 2 is 1.65 bits per heavy atom. The number of hydrogen-bond acceptors (Lipinski definition) is 0. The molecule has 2 rings (SSSR count). The lowest BCUT2D eigenvalue weighted by molar-refractivity contribution is -0.137. The van der Waals surface area contributed by atoms with E-state index < -0.39 is 17.6 Å². The molecule has 2 aromatic rings. The molecule has 0 nitrogen and oxygen atoms in total. The summed E-state index contributed by atoms with van der Waals surface area (Å²) in [7, 11) is 0. The number of rotatable bonds is 2. The van der Waals surface area contributed by atoms with E-state index in [2.05, 4.69) is 0 Å². The average Bonchev–Trinajstić information content (AvgIpc) is 2.37. The van der Waals surface area contributed by atoms with Gasteiger partial charge in [0.1, 0.15) is 5.82 Å². The van der Waals surface area contributed by atoms with E-state index in [4.69, 9.17) is 0 Å². The molecule has 0 saturated carbocycles. The Labute approximate surface area is 115 Å². The third-order valence-corrected chi connectivity index (χ3v) is 3.14. The van der Waals surface area contributed by atoms with Crippen LogP contribution in [0.3, 0.4) is 0 Å². The molecule has 0 aliphatic rings. The number of halogens is 4. The molecule has 0 bridgehead atoms. The second-order valence-corrected chi connectivity index (χ2v) is 4.96. The van der Waals surface area contributed by atoms with Crippen LogP contribution in [0.2, 0.25) is 0 Å². The lowest BCUT2D eigenvalue weighted by Crippen LogP contribution is -2.05. The SMILES string of the molecule is CC(C)c1ccc(F)cc1-c1cccc(C(F)(F)F)c1. The fourth-order valence-corrected chi connectivity index (χ4v) is 2.15. The Morgan fingerprint density at radius 1 is 0.950 bits per heavy atom. The predicted octanol–water partition coefficient (Wildman–Crippen LogP) is 5.63. The van der Waals surface area contributed by atoms with Crippen LogP contribution in [-0.4, -0.2) is 0 Å². The van der Waals surface area contributed by atoms with Gasteiger partial charge in [0.15, 0.2) is 0 Å². The van der Waals surface area contributed by atoms with Gasteiger partial charge in [-0.1, -0.05) is 32.0 Å². The van der Waals surface area contributed by atoms with E-state index in [1.807, 2.05) is 13.8 Å². The van der Waals surface area contributed by atoms with Crippen molar-refractivity contribution in [2.75, 3.05) is 0 Å². The van der Waals surface area contributed by atoms with Crippen molar-refractivity contribution in [2.45, 2.75) is 25.9 Å². The monoisotopic (exact) mass is 282 g/mol. The van der Waals surface area contributed by atoms with Crippen LogP contribution < -0.4 is 0 Å². The summed E-state index contributed by atoms with van der Waals surface area (Å²) >= 11 is 0. The van der Waals surface area contributed by atoms with Crippen molar-refractivity contribution in [3.8, 4) is 11.1 Å². The van der Waals surface area contributed by atoms with Gasteiger partial charge in [0.2, 0.25) is 0 Å². The Hall–Kier alpha value is -1.84. The Kier molecular flexibility index (Phi) is 3.84. The van der Waals surface area contributed by atoms with Gasteiger partial charge in [-0.05, 0) is 46.9 Å². The van der Waals surface area contributed by atoms with Crippen molar-refractivity contribution in [1.82, 2.24) is 0 Å². The van der Waals surface area contributed by atoms with Gasteiger partial charge in [0, 0.05) is 0 Å². The van der Waals surface area contributed by atoms with Crippen LogP contribution >= 0.6 is 0 Å². The van der Waals surface area contributed by atoms with Gasteiger partial charge in [-0.2, -0.15) is 13.2 Å². The van der Waals surface area contributed by atoms with Crippen LogP contribution in [-0.2, 0) is 6.18 Å². The average molecular weight is 282 g/mol. The summed E-state index contributed by atoms with van der Waals surface area (Å²) in [5.41, 5.74) is 0.980.